The summed E-state index contributed by atoms with van der Waals surface area (Å²) in [4.78, 5) is 21.8. The van der Waals surface area contributed by atoms with Crippen LogP contribution >= 0.6 is 12.2 Å². The minimum atomic E-state index is -0.717. The van der Waals surface area contributed by atoms with Crippen molar-refractivity contribution in [3.63, 3.8) is 0 Å². The molecule has 5 nitrogen and oxygen atoms in total. The van der Waals surface area contributed by atoms with Crippen molar-refractivity contribution in [1.29, 1.82) is 0 Å². The van der Waals surface area contributed by atoms with E-state index in [2.05, 4.69) is 16.8 Å². The van der Waals surface area contributed by atoms with Crippen molar-refractivity contribution in [3.8, 4) is 0 Å². The van der Waals surface area contributed by atoms with Gasteiger partial charge in [0.25, 0.3) is 0 Å². The minimum Gasteiger partial charge on any atom is -0.276 e. The van der Waals surface area contributed by atoms with Gasteiger partial charge in [0.1, 0.15) is 0 Å². The fourth-order valence-corrected chi connectivity index (χ4v) is 0.949. The molecular formula is C6H7N3O2S. The van der Waals surface area contributed by atoms with Crippen LogP contribution < -0.4 is 11.1 Å². The molecule has 1 aromatic rings. The Hall–Kier alpha value is -1.43. The van der Waals surface area contributed by atoms with Gasteiger partial charge in [-0.05, 0) is 12.2 Å². The lowest BCUT2D eigenvalue weighted by Crippen LogP contribution is -2.37. The van der Waals surface area contributed by atoms with Gasteiger partial charge in [-0.1, -0.05) is 6.08 Å². The molecule has 12 heavy (non-hydrogen) atoms. The Labute approximate surface area is 72.4 Å². The number of nitrogens with zero attached hydrogens (tertiary/aromatic N) is 1. The predicted octanol–water partition coefficient (Wildman–Crippen LogP) is -0.220. The van der Waals surface area contributed by atoms with Crippen molar-refractivity contribution in [2.45, 2.75) is 6.54 Å². The van der Waals surface area contributed by atoms with Gasteiger partial charge in [0.2, 0.25) is 0 Å². The molecular weight excluding hydrogens is 178 g/mol. The SMILES string of the molecule is C=CCn1c(=S)[nH][nH]c(=O)c1=O. The second kappa shape index (κ2) is 3.31. The molecule has 2 N–H and O–H groups in total. The zero-order chi connectivity index (χ0) is 9.14. The molecule has 0 aliphatic rings. The van der Waals surface area contributed by atoms with Crippen molar-refractivity contribution < 1.29 is 0 Å². The van der Waals surface area contributed by atoms with Crippen LogP contribution in [-0.4, -0.2) is 14.8 Å². The molecule has 6 heteroatoms. The highest BCUT2D eigenvalue weighted by molar-refractivity contribution is 7.71. The first-order valence-corrected chi connectivity index (χ1v) is 3.60. The first-order chi connectivity index (χ1) is 5.66. The van der Waals surface area contributed by atoms with Crippen LogP contribution in [0.2, 0.25) is 0 Å². The molecule has 0 aliphatic carbocycles. The molecule has 0 bridgehead atoms. The van der Waals surface area contributed by atoms with Gasteiger partial charge in [-0.2, -0.15) is 0 Å². The molecule has 0 aromatic carbocycles. The maximum Gasteiger partial charge on any atom is 0.328 e. The molecule has 0 fully saturated rings. The lowest BCUT2D eigenvalue weighted by Gasteiger charge is -1.98. The van der Waals surface area contributed by atoms with Crippen LogP contribution in [0.25, 0.3) is 0 Å². The standard InChI is InChI=1S/C6H7N3O2S/c1-2-3-9-5(11)4(10)7-8-6(9)12/h2H,1,3H2,(H,7,10)(H,8,12). The van der Waals surface area contributed by atoms with E-state index in [-0.39, 0.29) is 11.3 Å². The number of aromatic nitrogens is 3. The zero-order valence-electron chi connectivity index (χ0n) is 6.16. The number of hydrogen-bond donors (Lipinski definition) is 2. The monoisotopic (exact) mass is 185 g/mol. The van der Waals surface area contributed by atoms with Gasteiger partial charge < -0.3 is 0 Å². The second-order valence-corrected chi connectivity index (χ2v) is 2.48. The molecule has 0 saturated carbocycles. The maximum absolute atomic E-state index is 11.1. The molecule has 0 amide bonds. The van der Waals surface area contributed by atoms with Crippen LogP contribution in [0.4, 0.5) is 0 Å². The predicted molar refractivity (Wildman–Crippen MR) is 46.7 cm³/mol. The Morgan fingerprint density at radius 1 is 1.50 bits per heavy atom. The Morgan fingerprint density at radius 2 is 2.17 bits per heavy atom. The number of aromatic amines is 2. The van der Waals surface area contributed by atoms with Crippen molar-refractivity contribution in [2.75, 3.05) is 0 Å². The van der Waals surface area contributed by atoms with Crippen LogP contribution in [0, 0.1) is 4.77 Å². The van der Waals surface area contributed by atoms with Crippen LogP contribution in [0.5, 0.6) is 0 Å². The molecule has 1 aromatic heterocycles. The van der Waals surface area contributed by atoms with Crippen molar-refractivity contribution in [3.05, 3.63) is 38.1 Å². The molecule has 0 unspecified atom stereocenters. The summed E-state index contributed by atoms with van der Waals surface area (Å²) in [6.07, 6.45) is 1.49. The lowest BCUT2D eigenvalue weighted by atomic mass is 10.6. The average Bonchev–Trinajstić information content (AvgIpc) is 2.06. The van der Waals surface area contributed by atoms with E-state index < -0.39 is 11.1 Å². The number of rotatable bonds is 2. The number of hydrogen-bond acceptors (Lipinski definition) is 3. The molecule has 0 saturated heterocycles. The number of nitrogens with one attached hydrogen (secondary N) is 2. The summed E-state index contributed by atoms with van der Waals surface area (Å²) in [5.74, 6) is 0. The molecule has 0 spiro atoms. The van der Waals surface area contributed by atoms with Gasteiger partial charge in [-0.3, -0.25) is 24.4 Å². The topological polar surface area (TPSA) is 70.7 Å². The van der Waals surface area contributed by atoms with Crippen LogP contribution in [0.3, 0.4) is 0 Å². The van der Waals surface area contributed by atoms with E-state index in [0.29, 0.717) is 0 Å². The summed E-state index contributed by atoms with van der Waals surface area (Å²) in [5.41, 5.74) is -1.39. The average molecular weight is 185 g/mol. The van der Waals surface area contributed by atoms with Gasteiger partial charge in [-0.15, -0.1) is 6.58 Å². The lowest BCUT2D eigenvalue weighted by molar-refractivity contribution is 0.689. The zero-order valence-corrected chi connectivity index (χ0v) is 6.98. The molecule has 64 valence electrons. The Kier molecular flexibility index (Phi) is 2.39. The number of H-pyrrole nitrogens is 2. The molecule has 0 atom stereocenters. The highest BCUT2D eigenvalue weighted by Gasteiger charge is 1.98. The first kappa shape index (κ1) is 8.66. The highest BCUT2D eigenvalue weighted by Crippen LogP contribution is 1.78. The summed E-state index contributed by atoms with van der Waals surface area (Å²) in [6.45, 7) is 3.67. The van der Waals surface area contributed by atoms with Crippen LogP contribution in [0.1, 0.15) is 0 Å². The quantitative estimate of drug-likeness (QED) is 0.380. The van der Waals surface area contributed by atoms with Gasteiger partial charge in [0.15, 0.2) is 4.77 Å². The molecule has 0 aliphatic heterocycles. The van der Waals surface area contributed by atoms with E-state index in [4.69, 9.17) is 12.2 Å². The fourth-order valence-electron chi connectivity index (χ4n) is 0.741. The second-order valence-electron chi connectivity index (χ2n) is 2.09. The van der Waals surface area contributed by atoms with E-state index in [1.54, 1.807) is 0 Å². The summed E-state index contributed by atoms with van der Waals surface area (Å²) >= 11 is 4.75. The highest BCUT2D eigenvalue weighted by atomic mass is 32.1. The van der Waals surface area contributed by atoms with Gasteiger partial charge in [0.05, 0.1) is 0 Å². The van der Waals surface area contributed by atoms with E-state index in [0.717, 1.165) is 4.57 Å². The summed E-state index contributed by atoms with van der Waals surface area (Å²) in [5, 5.41) is 4.50. The third-order valence-electron chi connectivity index (χ3n) is 1.28. The molecule has 1 rings (SSSR count). The van der Waals surface area contributed by atoms with Crippen molar-refractivity contribution >= 4 is 12.2 Å². The maximum atomic E-state index is 11.1. The minimum absolute atomic E-state index is 0.180. The summed E-state index contributed by atoms with van der Waals surface area (Å²) < 4.78 is 1.31. The van der Waals surface area contributed by atoms with E-state index in [9.17, 15) is 9.59 Å². The number of allylic oxidation sites excluding steroid dienone is 1. The Balaban J connectivity index is 3.54. The van der Waals surface area contributed by atoms with Crippen LogP contribution in [-0.2, 0) is 6.54 Å². The normalized spacial score (nSPS) is 9.67. The smallest absolute Gasteiger partial charge is 0.276 e. The van der Waals surface area contributed by atoms with Gasteiger partial charge in [-0.25, -0.2) is 0 Å². The van der Waals surface area contributed by atoms with Crippen LogP contribution in [0.15, 0.2) is 22.2 Å². The van der Waals surface area contributed by atoms with Crippen molar-refractivity contribution in [2.24, 2.45) is 0 Å². The third kappa shape index (κ3) is 1.42. The molecule has 0 radical (unpaired) electrons. The first-order valence-electron chi connectivity index (χ1n) is 3.19. The van der Waals surface area contributed by atoms with E-state index >= 15 is 0 Å². The van der Waals surface area contributed by atoms with Gasteiger partial charge in [0, 0.05) is 6.54 Å². The third-order valence-corrected chi connectivity index (χ3v) is 1.60. The molecule has 1 heterocycles. The Morgan fingerprint density at radius 3 is 2.75 bits per heavy atom. The summed E-state index contributed by atoms with van der Waals surface area (Å²) in [6, 6.07) is 0. The van der Waals surface area contributed by atoms with Crippen molar-refractivity contribution in [1.82, 2.24) is 14.8 Å². The largest absolute Gasteiger partial charge is 0.328 e. The summed E-state index contributed by atoms with van der Waals surface area (Å²) in [7, 11) is 0. The Bertz CT molecular complexity index is 453. The van der Waals surface area contributed by atoms with E-state index in [1.807, 2.05) is 0 Å². The van der Waals surface area contributed by atoms with E-state index in [1.165, 1.54) is 6.08 Å². The fraction of sp³-hybridized carbons (Fsp3) is 0.167. The van der Waals surface area contributed by atoms with Gasteiger partial charge >= 0.3 is 11.1 Å².